The Morgan fingerprint density at radius 2 is 1.61 bits per heavy atom. The number of ether oxygens (including phenoxy) is 1. The molecule has 0 aliphatic heterocycles. The number of nitrogens with zero attached hydrogens (tertiary/aromatic N) is 2. The fourth-order valence-electron chi connectivity index (χ4n) is 2.89. The predicted molar refractivity (Wildman–Crippen MR) is 98.9 cm³/mol. The van der Waals surface area contributed by atoms with Crippen molar-refractivity contribution in [3.05, 3.63) is 65.5 Å². The van der Waals surface area contributed by atoms with Crippen LogP contribution in [0.15, 0.2) is 53.1 Å². The number of halogens is 3. The Morgan fingerprint density at radius 1 is 0.964 bits per heavy atom. The summed E-state index contributed by atoms with van der Waals surface area (Å²) in [5, 5.41) is 3.95. The first-order valence-corrected chi connectivity index (χ1v) is 9.00. The lowest BCUT2D eigenvalue weighted by Crippen LogP contribution is -2.16. The first kappa shape index (κ1) is 19.9. The highest BCUT2D eigenvalue weighted by Crippen LogP contribution is 2.28. The third kappa shape index (κ3) is 5.12. The molecule has 0 N–H and O–H groups in total. The zero-order valence-corrected chi connectivity index (χ0v) is 15.8. The lowest BCUT2D eigenvalue weighted by atomic mass is 9.97. The van der Waals surface area contributed by atoms with Crippen LogP contribution in [-0.4, -0.2) is 16.5 Å². The van der Waals surface area contributed by atoms with Gasteiger partial charge in [-0.3, -0.25) is 0 Å². The van der Waals surface area contributed by atoms with Crippen molar-refractivity contribution in [2.45, 2.75) is 39.5 Å². The van der Waals surface area contributed by atoms with Crippen LogP contribution < -0.4 is 4.74 Å². The number of hydrogen-bond donors (Lipinski definition) is 0. The number of alkyl halides is 3. The molecule has 0 saturated carbocycles. The van der Waals surface area contributed by atoms with Crippen molar-refractivity contribution in [3.63, 3.8) is 0 Å². The van der Waals surface area contributed by atoms with E-state index in [4.69, 9.17) is 4.52 Å². The van der Waals surface area contributed by atoms with Crippen LogP contribution in [0.2, 0.25) is 0 Å². The van der Waals surface area contributed by atoms with Crippen molar-refractivity contribution >= 4 is 0 Å². The van der Waals surface area contributed by atoms with Gasteiger partial charge < -0.3 is 9.26 Å². The van der Waals surface area contributed by atoms with Crippen LogP contribution in [0.1, 0.15) is 43.7 Å². The third-order valence-electron chi connectivity index (χ3n) is 4.28. The van der Waals surface area contributed by atoms with E-state index >= 15 is 0 Å². The second kappa shape index (κ2) is 8.04. The molecule has 1 heterocycles. The molecule has 0 radical (unpaired) electrons. The zero-order chi connectivity index (χ0) is 20.3. The van der Waals surface area contributed by atoms with Gasteiger partial charge in [0.2, 0.25) is 11.7 Å². The van der Waals surface area contributed by atoms with E-state index in [9.17, 15) is 13.2 Å². The van der Waals surface area contributed by atoms with E-state index in [0.717, 1.165) is 12.0 Å². The molecule has 0 unspecified atom stereocenters. The normalized spacial score (nSPS) is 13.0. The summed E-state index contributed by atoms with van der Waals surface area (Å²) in [6, 6.07) is 13.7. The van der Waals surface area contributed by atoms with Crippen molar-refractivity contribution in [3.8, 4) is 17.1 Å². The Kier molecular flexibility index (Phi) is 5.72. The van der Waals surface area contributed by atoms with Gasteiger partial charge >= 0.3 is 6.36 Å². The molecule has 2 aromatic carbocycles. The molecule has 1 aromatic heterocycles. The summed E-state index contributed by atoms with van der Waals surface area (Å²) >= 11 is 0. The Hall–Kier alpha value is -2.83. The van der Waals surface area contributed by atoms with E-state index in [1.165, 1.54) is 29.8 Å². The molecule has 0 fully saturated rings. The second-order valence-corrected chi connectivity index (χ2v) is 7.09. The van der Waals surface area contributed by atoms with Crippen molar-refractivity contribution in [2.75, 3.05) is 0 Å². The molecule has 0 amide bonds. The van der Waals surface area contributed by atoms with Gasteiger partial charge in [-0.25, -0.2) is 0 Å². The predicted octanol–water partition coefficient (Wildman–Crippen LogP) is 5.99. The molecule has 0 saturated heterocycles. The summed E-state index contributed by atoms with van der Waals surface area (Å²) in [5.74, 6) is 0.964. The summed E-state index contributed by atoms with van der Waals surface area (Å²) in [6.45, 7) is 6.32. The smallest absolute Gasteiger partial charge is 0.406 e. The molecule has 0 bridgehead atoms. The topological polar surface area (TPSA) is 48.2 Å². The molecule has 148 valence electrons. The zero-order valence-electron chi connectivity index (χ0n) is 15.8. The molecule has 1 atom stereocenters. The molecule has 0 aliphatic rings. The molecule has 7 heteroatoms. The Balaban J connectivity index is 1.72. The van der Waals surface area contributed by atoms with Gasteiger partial charge in [-0.15, -0.1) is 13.2 Å². The molecular formula is C21H21F3N2O2. The van der Waals surface area contributed by atoms with Gasteiger partial charge in [0.25, 0.3) is 0 Å². The van der Waals surface area contributed by atoms with Crippen molar-refractivity contribution in [1.29, 1.82) is 0 Å². The van der Waals surface area contributed by atoms with Gasteiger partial charge in [0.15, 0.2) is 0 Å². The van der Waals surface area contributed by atoms with Crippen LogP contribution in [0.5, 0.6) is 5.75 Å². The number of rotatable bonds is 6. The highest BCUT2D eigenvalue weighted by molar-refractivity contribution is 5.55. The van der Waals surface area contributed by atoms with Crippen LogP contribution in [-0.2, 0) is 6.42 Å². The van der Waals surface area contributed by atoms with E-state index in [-0.39, 0.29) is 11.7 Å². The minimum absolute atomic E-state index is 0.0952. The van der Waals surface area contributed by atoms with Gasteiger partial charge in [0.05, 0.1) is 5.92 Å². The molecule has 0 aliphatic carbocycles. The summed E-state index contributed by atoms with van der Waals surface area (Å²) < 4.78 is 46.0. The number of hydrogen-bond acceptors (Lipinski definition) is 4. The summed E-state index contributed by atoms with van der Waals surface area (Å²) in [6.07, 6.45) is -3.70. The van der Waals surface area contributed by atoms with Gasteiger partial charge in [-0.05, 0) is 54.7 Å². The molecular weight excluding hydrogens is 369 g/mol. The lowest BCUT2D eigenvalue weighted by Gasteiger charge is -2.09. The second-order valence-electron chi connectivity index (χ2n) is 7.09. The minimum atomic E-state index is -4.72. The third-order valence-corrected chi connectivity index (χ3v) is 4.28. The first-order chi connectivity index (χ1) is 13.2. The Bertz CT molecular complexity index is 901. The summed E-state index contributed by atoms with van der Waals surface area (Å²) in [4.78, 5) is 4.39. The largest absolute Gasteiger partial charge is 0.573 e. The highest BCUT2D eigenvalue weighted by Gasteiger charge is 2.31. The standard InChI is InChI=1S/C21H21F3N2O2/c1-13(2)12-15-4-6-16(7-5-15)14(3)20-25-19(26-28-20)17-8-10-18(11-9-17)27-21(22,23)24/h4-11,13-14H,12H2,1-3H3/t14-/m1/s1. The minimum Gasteiger partial charge on any atom is -0.406 e. The summed E-state index contributed by atoms with van der Waals surface area (Å²) in [5.41, 5.74) is 2.87. The fourth-order valence-corrected chi connectivity index (χ4v) is 2.89. The molecule has 4 nitrogen and oxygen atoms in total. The van der Waals surface area contributed by atoms with Crippen molar-refractivity contribution in [1.82, 2.24) is 10.1 Å². The quantitative estimate of drug-likeness (QED) is 0.519. The van der Waals surface area contributed by atoms with E-state index in [0.29, 0.717) is 23.2 Å². The van der Waals surface area contributed by atoms with Crippen molar-refractivity contribution < 1.29 is 22.4 Å². The average molecular weight is 390 g/mol. The van der Waals surface area contributed by atoms with Gasteiger partial charge in [-0.2, -0.15) is 4.98 Å². The Labute approximate surface area is 161 Å². The van der Waals surface area contributed by atoms with Gasteiger partial charge in [0.1, 0.15) is 5.75 Å². The van der Waals surface area contributed by atoms with Crippen LogP contribution in [0.4, 0.5) is 13.2 Å². The maximum Gasteiger partial charge on any atom is 0.573 e. The monoisotopic (exact) mass is 390 g/mol. The van der Waals surface area contributed by atoms with Crippen molar-refractivity contribution in [2.24, 2.45) is 5.92 Å². The Morgan fingerprint density at radius 3 is 2.18 bits per heavy atom. The van der Waals surface area contributed by atoms with Crippen LogP contribution in [0.25, 0.3) is 11.4 Å². The number of benzene rings is 2. The molecule has 0 spiro atoms. The molecule has 3 aromatic rings. The van der Waals surface area contributed by atoms with E-state index in [1.807, 2.05) is 6.92 Å². The van der Waals surface area contributed by atoms with Gasteiger partial charge in [-0.1, -0.05) is 43.3 Å². The van der Waals surface area contributed by atoms with Crippen LogP contribution >= 0.6 is 0 Å². The fraction of sp³-hybridized carbons (Fsp3) is 0.333. The SMILES string of the molecule is CC(C)Cc1ccc([C@@H](C)c2nc(-c3ccc(OC(F)(F)F)cc3)no2)cc1. The van der Waals surface area contributed by atoms with Crippen LogP contribution in [0, 0.1) is 5.92 Å². The van der Waals surface area contributed by atoms with Gasteiger partial charge in [0, 0.05) is 5.56 Å². The molecule has 3 rings (SSSR count). The van der Waals surface area contributed by atoms with Crippen LogP contribution in [0.3, 0.4) is 0 Å². The maximum absolute atomic E-state index is 12.2. The highest BCUT2D eigenvalue weighted by atomic mass is 19.4. The van der Waals surface area contributed by atoms with E-state index < -0.39 is 6.36 Å². The summed E-state index contributed by atoms with van der Waals surface area (Å²) in [7, 11) is 0. The van der Waals surface area contributed by atoms with E-state index in [1.54, 1.807) is 0 Å². The average Bonchev–Trinajstić information content (AvgIpc) is 3.10. The first-order valence-electron chi connectivity index (χ1n) is 9.00. The number of aromatic nitrogens is 2. The lowest BCUT2D eigenvalue weighted by molar-refractivity contribution is -0.274. The maximum atomic E-state index is 12.2. The molecule has 28 heavy (non-hydrogen) atoms. The van der Waals surface area contributed by atoms with E-state index in [2.05, 4.69) is 53.0 Å².